The maximum absolute atomic E-state index is 12.2. The molecule has 1 atom stereocenters. The molecule has 2 aromatic heterocycles. The van der Waals surface area contributed by atoms with Crippen molar-refractivity contribution in [2.45, 2.75) is 59.5 Å². The van der Waals surface area contributed by atoms with E-state index >= 15 is 0 Å². The molecular weight excluding hydrogens is 516 g/mol. The predicted molar refractivity (Wildman–Crippen MR) is 162 cm³/mol. The van der Waals surface area contributed by atoms with Crippen LogP contribution in [-0.4, -0.2) is 86.9 Å². The number of benzene rings is 1. The molecule has 2 amide bonds. The van der Waals surface area contributed by atoms with Crippen LogP contribution in [-0.2, 0) is 22.7 Å². The highest BCUT2D eigenvalue weighted by molar-refractivity contribution is 6.03. The van der Waals surface area contributed by atoms with E-state index in [2.05, 4.69) is 67.9 Å². The SMILES string of the molecule is CCCCCNc1nc(N)nc2ccn(Cc3ccc(CN4CCN(CCN5C(=O)CC(C)C5=O)CC4)cc3C)c12. The number of imide groups is 1. The summed E-state index contributed by atoms with van der Waals surface area (Å²) in [6.45, 7) is 13.9. The fourth-order valence-corrected chi connectivity index (χ4v) is 5.93. The number of carbonyl (C=O) groups is 2. The van der Waals surface area contributed by atoms with Crippen molar-refractivity contribution >= 4 is 34.6 Å². The van der Waals surface area contributed by atoms with Crippen LogP contribution in [0.5, 0.6) is 0 Å². The summed E-state index contributed by atoms with van der Waals surface area (Å²) in [4.78, 5) is 39.5. The average Bonchev–Trinajstić information content (AvgIpc) is 3.46. The number of nitrogens with two attached hydrogens (primary N) is 1. The molecule has 0 spiro atoms. The number of hydrogen-bond acceptors (Lipinski definition) is 8. The third kappa shape index (κ3) is 6.87. The molecule has 0 bridgehead atoms. The number of unbranched alkanes of at least 4 members (excludes halogenated alkanes) is 2. The molecule has 0 radical (unpaired) electrons. The maximum Gasteiger partial charge on any atom is 0.232 e. The summed E-state index contributed by atoms with van der Waals surface area (Å²) in [5, 5.41) is 3.48. The lowest BCUT2D eigenvalue weighted by Gasteiger charge is -2.35. The van der Waals surface area contributed by atoms with Crippen molar-refractivity contribution in [2.24, 2.45) is 5.92 Å². The van der Waals surface area contributed by atoms with Gasteiger partial charge in [-0.25, -0.2) is 4.98 Å². The van der Waals surface area contributed by atoms with E-state index in [0.29, 0.717) is 18.9 Å². The lowest BCUT2D eigenvalue weighted by Crippen LogP contribution is -2.48. The molecule has 2 aliphatic rings. The Labute approximate surface area is 242 Å². The summed E-state index contributed by atoms with van der Waals surface area (Å²) in [6, 6.07) is 8.79. The molecule has 5 rings (SSSR count). The molecule has 220 valence electrons. The van der Waals surface area contributed by atoms with Crippen molar-refractivity contribution < 1.29 is 9.59 Å². The number of rotatable bonds is 12. The number of likely N-dealkylation sites (tertiary alicyclic amines) is 1. The van der Waals surface area contributed by atoms with Gasteiger partial charge in [-0.05, 0) is 36.1 Å². The molecule has 2 aliphatic heterocycles. The highest BCUT2D eigenvalue weighted by Crippen LogP contribution is 2.25. The van der Waals surface area contributed by atoms with Crippen LogP contribution in [0.1, 0.15) is 56.2 Å². The minimum absolute atomic E-state index is 0.0186. The van der Waals surface area contributed by atoms with E-state index in [1.165, 1.54) is 34.4 Å². The first-order valence-corrected chi connectivity index (χ1v) is 15.1. The quantitative estimate of drug-likeness (QED) is 0.256. The zero-order chi connectivity index (χ0) is 28.9. The van der Waals surface area contributed by atoms with E-state index in [1.54, 1.807) is 0 Å². The summed E-state index contributed by atoms with van der Waals surface area (Å²) < 4.78 is 2.21. The molecule has 41 heavy (non-hydrogen) atoms. The van der Waals surface area contributed by atoms with Crippen LogP contribution in [0, 0.1) is 12.8 Å². The van der Waals surface area contributed by atoms with Gasteiger partial charge in [0.2, 0.25) is 17.8 Å². The highest BCUT2D eigenvalue weighted by atomic mass is 16.2. The van der Waals surface area contributed by atoms with E-state index in [9.17, 15) is 9.59 Å². The Hall–Kier alpha value is -3.50. The first-order chi connectivity index (χ1) is 19.8. The Morgan fingerprint density at radius 1 is 1.00 bits per heavy atom. The van der Waals surface area contributed by atoms with Gasteiger partial charge in [0.15, 0.2) is 5.82 Å². The van der Waals surface area contributed by atoms with E-state index in [-0.39, 0.29) is 17.7 Å². The number of piperazine rings is 1. The van der Waals surface area contributed by atoms with Crippen LogP contribution < -0.4 is 11.1 Å². The Balaban J connectivity index is 1.16. The molecule has 2 saturated heterocycles. The second kappa shape index (κ2) is 13.0. The molecular formula is C31H44N8O2. The number of aromatic nitrogens is 3. The van der Waals surface area contributed by atoms with E-state index in [4.69, 9.17) is 5.73 Å². The summed E-state index contributed by atoms with van der Waals surface area (Å²) in [5.41, 5.74) is 11.7. The lowest BCUT2D eigenvalue weighted by molar-refractivity contribution is -0.139. The number of fused-ring (bicyclic) bond motifs is 1. The largest absolute Gasteiger partial charge is 0.368 e. The van der Waals surface area contributed by atoms with E-state index in [0.717, 1.165) is 75.6 Å². The minimum Gasteiger partial charge on any atom is -0.368 e. The lowest BCUT2D eigenvalue weighted by atomic mass is 10.0. The van der Waals surface area contributed by atoms with Crippen LogP contribution in [0.25, 0.3) is 11.0 Å². The highest BCUT2D eigenvalue weighted by Gasteiger charge is 2.35. The standard InChI is InChI=1S/C31H44N8O2/c1-4-5-6-10-33-29-28-26(34-31(32)35-29)9-11-38(28)21-25-8-7-24(18-22(25)2)20-37-14-12-36(13-15-37)16-17-39-27(40)19-23(3)30(39)41/h7-9,11,18,23H,4-6,10,12-17,19-21H2,1-3H3,(H3,32,33,34,35). The van der Waals surface area contributed by atoms with Crippen molar-refractivity contribution in [3.63, 3.8) is 0 Å². The van der Waals surface area contributed by atoms with Crippen molar-refractivity contribution in [3.05, 3.63) is 47.2 Å². The number of amides is 2. The maximum atomic E-state index is 12.2. The number of nitrogen functional groups attached to an aromatic ring is 1. The third-order valence-electron chi connectivity index (χ3n) is 8.43. The Morgan fingerprint density at radius 2 is 1.78 bits per heavy atom. The van der Waals surface area contributed by atoms with Gasteiger partial charge in [0, 0.05) is 77.4 Å². The second-order valence-electron chi connectivity index (χ2n) is 11.6. The number of carbonyl (C=O) groups excluding carboxylic acids is 2. The van der Waals surface area contributed by atoms with Crippen LogP contribution in [0.2, 0.25) is 0 Å². The number of nitrogens with zero attached hydrogens (tertiary/aromatic N) is 6. The minimum atomic E-state index is -0.167. The van der Waals surface area contributed by atoms with Gasteiger partial charge in [0.25, 0.3) is 0 Å². The molecule has 3 aromatic rings. The van der Waals surface area contributed by atoms with Crippen molar-refractivity contribution in [3.8, 4) is 0 Å². The zero-order valence-electron chi connectivity index (χ0n) is 24.7. The Kier molecular flexibility index (Phi) is 9.19. The van der Waals surface area contributed by atoms with Gasteiger partial charge in [-0.15, -0.1) is 0 Å². The molecule has 4 heterocycles. The first-order valence-electron chi connectivity index (χ1n) is 15.1. The number of hydrogen-bond donors (Lipinski definition) is 2. The molecule has 0 aliphatic carbocycles. The van der Waals surface area contributed by atoms with Crippen molar-refractivity contribution in [1.29, 1.82) is 0 Å². The summed E-state index contributed by atoms with van der Waals surface area (Å²) in [5.74, 6) is 0.883. The van der Waals surface area contributed by atoms with Gasteiger partial charge < -0.3 is 15.6 Å². The first kappa shape index (κ1) is 29.0. The van der Waals surface area contributed by atoms with Gasteiger partial charge >= 0.3 is 0 Å². The molecule has 1 unspecified atom stereocenters. The van der Waals surface area contributed by atoms with E-state index < -0.39 is 0 Å². The van der Waals surface area contributed by atoms with Gasteiger partial charge in [0.1, 0.15) is 5.52 Å². The molecule has 10 nitrogen and oxygen atoms in total. The van der Waals surface area contributed by atoms with Gasteiger partial charge in [0.05, 0.1) is 5.52 Å². The summed E-state index contributed by atoms with van der Waals surface area (Å²) >= 11 is 0. The zero-order valence-corrected chi connectivity index (χ0v) is 24.7. The average molecular weight is 561 g/mol. The summed E-state index contributed by atoms with van der Waals surface area (Å²) in [7, 11) is 0. The third-order valence-corrected chi connectivity index (χ3v) is 8.43. The summed E-state index contributed by atoms with van der Waals surface area (Å²) in [6.07, 6.45) is 5.88. The molecule has 2 fully saturated rings. The molecule has 10 heteroatoms. The number of nitrogens with one attached hydrogen (secondary N) is 1. The normalized spacial score (nSPS) is 18.6. The second-order valence-corrected chi connectivity index (χ2v) is 11.6. The van der Waals surface area contributed by atoms with Crippen LogP contribution in [0.3, 0.4) is 0 Å². The van der Waals surface area contributed by atoms with Crippen molar-refractivity contribution in [1.82, 2.24) is 29.2 Å². The van der Waals surface area contributed by atoms with Crippen LogP contribution in [0.4, 0.5) is 11.8 Å². The monoisotopic (exact) mass is 560 g/mol. The molecule has 3 N–H and O–H groups in total. The van der Waals surface area contributed by atoms with Crippen molar-refractivity contribution in [2.75, 3.05) is 56.9 Å². The van der Waals surface area contributed by atoms with Gasteiger partial charge in [-0.3, -0.25) is 24.3 Å². The molecule has 0 saturated carbocycles. The van der Waals surface area contributed by atoms with E-state index in [1.807, 2.05) is 13.0 Å². The van der Waals surface area contributed by atoms with Crippen LogP contribution >= 0.6 is 0 Å². The topological polar surface area (TPSA) is 113 Å². The van der Waals surface area contributed by atoms with Crippen LogP contribution in [0.15, 0.2) is 30.5 Å². The molecule has 1 aromatic carbocycles. The fraction of sp³-hybridized carbons (Fsp3) is 0.548. The number of aryl methyl sites for hydroxylation is 1. The Bertz CT molecular complexity index is 1380. The van der Waals surface area contributed by atoms with Gasteiger partial charge in [-0.2, -0.15) is 4.98 Å². The Morgan fingerprint density at radius 3 is 2.49 bits per heavy atom. The predicted octanol–water partition coefficient (Wildman–Crippen LogP) is 3.48. The smallest absolute Gasteiger partial charge is 0.232 e. The number of anilines is 2. The fourth-order valence-electron chi connectivity index (χ4n) is 5.93. The van der Waals surface area contributed by atoms with Gasteiger partial charge in [-0.1, -0.05) is 44.9 Å².